The summed E-state index contributed by atoms with van der Waals surface area (Å²) in [7, 11) is 0. The molecule has 0 aromatic rings. The zero-order valence-corrected chi connectivity index (χ0v) is 22.5. The van der Waals surface area contributed by atoms with E-state index in [9.17, 15) is 0 Å². The van der Waals surface area contributed by atoms with Gasteiger partial charge in [0, 0.05) is 0 Å². The van der Waals surface area contributed by atoms with Gasteiger partial charge in [-0.05, 0) is 85.7 Å². The van der Waals surface area contributed by atoms with E-state index in [4.69, 9.17) is 0 Å². The molecule has 32 heavy (non-hydrogen) atoms. The van der Waals surface area contributed by atoms with Gasteiger partial charge in [0.15, 0.2) is 0 Å². The summed E-state index contributed by atoms with van der Waals surface area (Å²) >= 11 is 0. The second-order valence-electron chi connectivity index (χ2n) is 11.5. The van der Waals surface area contributed by atoms with Gasteiger partial charge in [-0.25, -0.2) is 0 Å². The largest absolute Gasteiger partial charge is 0.0773 e. The topological polar surface area (TPSA) is 0 Å². The highest BCUT2D eigenvalue weighted by Crippen LogP contribution is 2.45. The molecule has 1 fully saturated rings. The molecule has 1 saturated carbocycles. The lowest BCUT2D eigenvalue weighted by molar-refractivity contribution is 0.143. The Hall–Kier alpha value is -1.04. The Balaban J connectivity index is 0.00000114. The zero-order valence-electron chi connectivity index (χ0n) is 22.5. The lowest BCUT2D eigenvalue weighted by atomic mass is 9.67. The maximum absolute atomic E-state index is 2.58. The van der Waals surface area contributed by atoms with Gasteiger partial charge in [0.2, 0.25) is 0 Å². The van der Waals surface area contributed by atoms with Gasteiger partial charge in [0.05, 0.1) is 0 Å². The summed E-state index contributed by atoms with van der Waals surface area (Å²) in [4.78, 5) is 0. The van der Waals surface area contributed by atoms with Crippen LogP contribution in [0.3, 0.4) is 0 Å². The quantitative estimate of drug-likeness (QED) is 0.297. The first kappa shape index (κ1) is 27.2. The molecule has 182 valence electrons. The second kappa shape index (κ2) is 14.3. The maximum Gasteiger partial charge on any atom is -0.00695 e. The van der Waals surface area contributed by atoms with Gasteiger partial charge in [-0.3, -0.25) is 0 Å². The molecule has 0 saturated heterocycles. The molecule has 0 bridgehead atoms. The van der Waals surface area contributed by atoms with E-state index in [-0.39, 0.29) is 0 Å². The Bertz CT molecular complexity index is 648. The van der Waals surface area contributed by atoms with Gasteiger partial charge in [0.1, 0.15) is 0 Å². The summed E-state index contributed by atoms with van der Waals surface area (Å²) in [6.45, 7) is 13.9. The molecular weight excluding hydrogens is 384 g/mol. The van der Waals surface area contributed by atoms with Gasteiger partial charge in [-0.15, -0.1) is 0 Å². The number of hydrogen-bond acceptors (Lipinski definition) is 0. The summed E-state index contributed by atoms with van der Waals surface area (Å²) in [5.41, 5.74) is 5.32. The first-order chi connectivity index (χ1) is 15.4. The first-order valence-electron chi connectivity index (χ1n) is 14.2. The highest BCUT2D eigenvalue weighted by molar-refractivity contribution is 5.47. The van der Waals surface area contributed by atoms with Crippen LogP contribution in [0.5, 0.6) is 0 Å². The van der Waals surface area contributed by atoms with Gasteiger partial charge < -0.3 is 0 Å². The highest BCUT2D eigenvalue weighted by Gasteiger charge is 2.31. The maximum atomic E-state index is 2.58. The monoisotopic (exact) mass is 438 g/mol. The summed E-state index contributed by atoms with van der Waals surface area (Å²) in [6, 6.07) is 0. The van der Waals surface area contributed by atoms with Crippen LogP contribution in [0.4, 0.5) is 0 Å². The van der Waals surface area contributed by atoms with Crippen molar-refractivity contribution in [3.05, 3.63) is 47.1 Å². The molecule has 3 aliphatic rings. The van der Waals surface area contributed by atoms with Crippen molar-refractivity contribution in [2.45, 2.75) is 131 Å². The molecule has 0 amide bonds. The highest BCUT2D eigenvalue weighted by atomic mass is 14.4. The van der Waals surface area contributed by atoms with Gasteiger partial charge >= 0.3 is 0 Å². The normalized spacial score (nSPS) is 28.4. The molecule has 0 nitrogen and oxygen atoms in total. The Kier molecular flexibility index (Phi) is 12.1. The summed E-state index contributed by atoms with van der Waals surface area (Å²) in [5, 5.41) is 0. The van der Waals surface area contributed by atoms with Crippen molar-refractivity contribution >= 4 is 0 Å². The number of allylic oxidation sites excluding steroid dienone is 8. The fourth-order valence-electron chi connectivity index (χ4n) is 5.69. The molecule has 3 rings (SSSR count). The molecule has 0 aromatic carbocycles. The van der Waals surface area contributed by atoms with Crippen LogP contribution in [0.15, 0.2) is 47.1 Å². The first-order valence-corrected chi connectivity index (χ1v) is 14.2. The van der Waals surface area contributed by atoms with Crippen LogP contribution in [0.2, 0.25) is 0 Å². The van der Waals surface area contributed by atoms with Crippen LogP contribution < -0.4 is 0 Å². The van der Waals surface area contributed by atoms with Crippen LogP contribution in [0, 0.1) is 23.2 Å². The molecule has 2 atom stereocenters. The van der Waals surface area contributed by atoms with Gasteiger partial charge in [0.25, 0.3) is 0 Å². The van der Waals surface area contributed by atoms with E-state index in [1.165, 1.54) is 95.5 Å². The third kappa shape index (κ3) is 9.07. The third-order valence-corrected chi connectivity index (χ3v) is 8.17. The Morgan fingerprint density at radius 1 is 1.00 bits per heavy atom. The fourth-order valence-corrected chi connectivity index (χ4v) is 5.69. The van der Waals surface area contributed by atoms with E-state index in [0.29, 0.717) is 11.3 Å². The zero-order chi connectivity index (χ0) is 23.4. The molecule has 0 aliphatic heterocycles. The molecule has 0 radical (unpaired) electrons. The van der Waals surface area contributed by atoms with Crippen molar-refractivity contribution in [1.82, 2.24) is 0 Å². The van der Waals surface area contributed by atoms with Crippen molar-refractivity contribution in [1.29, 1.82) is 0 Å². The Morgan fingerprint density at radius 2 is 1.72 bits per heavy atom. The molecule has 0 heteroatoms. The Morgan fingerprint density at radius 3 is 2.28 bits per heavy atom. The van der Waals surface area contributed by atoms with Crippen LogP contribution >= 0.6 is 0 Å². The lowest BCUT2D eigenvalue weighted by Crippen LogP contribution is -2.25. The van der Waals surface area contributed by atoms with E-state index in [1.807, 2.05) is 0 Å². The lowest BCUT2D eigenvalue weighted by Gasteiger charge is -2.38. The van der Waals surface area contributed by atoms with Gasteiger partial charge in [-0.1, -0.05) is 116 Å². The number of rotatable bonds is 10. The molecule has 0 spiro atoms. The molecule has 0 heterocycles. The minimum atomic E-state index is 0.611. The van der Waals surface area contributed by atoms with Crippen molar-refractivity contribution < 1.29 is 0 Å². The SMILES string of the molecule is CCC.CCCCCCC1CCC(C)(CC[C@@H](C)C2=CC=C(C3=CC(C)C=C3)CC2)CC1. The average Bonchev–Trinajstić information content (AvgIpc) is 3.23. The van der Waals surface area contributed by atoms with E-state index in [2.05, 4.69) is 71.9 Å². The Labute approximate surface area is 201 Å². The summed E-state index contributed by atoms with van der Waals surface area (Å²) in [5.74, 6) is 2.40. The predicted molar refractivity (Wildman–Crippen MR) is 145 cm³/mol. The average molecular weight is 439 g/mol. The molecule has 0 N–H and O–H groups in total. The second-order valence-corrected chi connectivity index (χ2v) is 11.5. The van der Waals surface area contributed by atoms with Crippen LogP contribution in [0.1, 0.15) is 131 Å². The summed E-state index contributed by atoms with van der Waals surface area (Å²) in [6.07, 6.45) is 31.6. The van der Waals surface area contributed by atoms with Crippen molar-refractivity contribution in [2.75, 3.05) is 0 Å². The smallest absolute Gasteiger partial charge is 0.00695 e. The molecular formula is C32H54. The van der Waals surface area contributed by atoms with E-state index in [1.54, 1.807) is 11.1 Å². The van der Waals surface area contributed by atoms with E-state index in [0.717, 1.165) is 11.8 Å². The molecule has 0 aromatic heterocycles. The third-order valence-electron chi connectivity index (χ3n) is 8.17. The van der Waals surface area contributed by atoms with Crippen molar-refractivity contribution in [2.24, 2.45) is 23.2 Å². The molecule has 1 unspecified atom stereocenters. The summed E-state index contributed by atoms with van der Waals surface area (Å²) < 4.78 is 0. The van der Waals surface area contributed by atoms with E-state index >= 15 is 0 Å². The standard InChI is InChI=1S/C29H46.C3H8/c1-5-6-7-8-9-25-17-20-29(4,21-18-25)19-16-24(3)26-12-14-27(15-13-26)28-11-10-23(2)22-28;1-3-2/h10-12,14,22-25H,5-9,13,15-21H2,1-4H3;3H2,1-2H3/t23?,24-,25?,29?;/m1./s1. The van der Waals surface area contributed by atoms with Crippen LogP contribution in [0.25, 0.3) is 0 Å². The van der Waals surface area contributed by atoms with Crippen LogP contribution in [-0.2, 0) is 0 Å². The van der Waals surface area contributed by atoms with E-state index < -0.39 is 0 Å². The van der Waals surface area contributed by atoms with Crippen molar-refractivity contribution in [3.8, 4) is 0 Å². The number of hydrogen-bond donors (Lipinski definition) is 0. The minimum absolute atomic E-state index is 0.611. The predicted octanol–water partition coefficient (Wildman–Crippen LogP) is 10.8. The number of unbranched alkanes of at least 4 members (excludes halogenated alkanes) is 3. The van der Waals surface area contributed by atoms with Crippen LogP contribution in [-0.4, -0.2) is 0 Å². The van der Waals surface area contributed by atoms with Crippen molar-refractivity contribution in [3.63, 3.8) is 0 Å². The fraction of sp³-hybridized carbons (Fsp3) is 0.750. The molecule has 3 aliphatic carbocycles. The minimum Gasteiger partial charge on any atom is -0.0773 e. The van der Waals surface area contributed by atoms with Gasteiger partial charge in [-0.2, -0.15) is 0 Å².